The molecule has 0 radical (unpaired) electrons. The van der Waals surface area contributed by atoms with E-state index in [1.54, 1.807) is 31.2 Å². The summed E-state index contributed by atoms with van der Waals surface area (Å²) in [6, 6.07) is 6.93. The van der Waals surface area contributed by atoms with Gasteiger partial charge in [0.15, 0.2) is 5.41 Å². The molecular weight excluding hydrogens is 312 g/mol. The van der Waals surface area contributed by atoms with Gasteiger partial charge in [-0.2, -0.15) is 0 Å². The molecule has 1 aromatic rings. The fourth-order valence-corrected chi connectivity index (χ4v) is 3.90. The van der Waals surface area contributed by atoms with Crippen molar-refractivity contribution in [2.75, 3.05) is 6.61 Å². The Hall–Kier alpha value is -2.63. The SMILES string of the molecule is C=CCOC(=O)[C@@]12C[C@@](C)(OC(C)=O)[C@H]1c1ccccc1OC2=O. The highest BCUT2D eigenvalue weighted by molar-refractivity contribution is 6.05. The van der Waals surface area contributed by atoms with Gasteiger partial charge in [-0.15, -0.1) is 0 Å². The van der Waals surface area contributed by atoms with Gasteiger partial charge in [-0.3, -0.25) is 14.4 Å². The highest BCUT2D eigenvalue weighted by Gasteiger charge is 2.75. The fraction of sp³-hybridized carbons (Fsp3) is 0.389. The van der Waals surface area contributed by atoms with Gasteiger partial charge in [0.1, 0.15) is 18.0 Å². The van der Waals surface area contributed by atoms with Crippen LogP contribution in [0.2, 0.25) is 0 Å². The zero-order valence-corrected chi connectivity index (χ0v) is 13.5. The van der Waals surface area contributed by atoms with E-state index in [4.69, 9.17) is 14.2 Å². The molecule has 3 rings (SSSR count). The Morgan fingerprint density at radius 3 is 2.79 bits per heavy atom. The predicted molar refractivity (Wildman–Crippen MR) is 83.2 cm³/mol. The molecular formula is C18H18O6. The van der Waals surface area contributed by atoms with Crippen LogP contribution in [0.3, 0.4) is 0 Å². The quantitative estimate of drug-likeness (QED) is 0.364. The van der Waals surface area contributed by atoms with Crippen molar-refractivity contribution >= 4 is 17.9 Å². The molecule has 126 valence electrons. The number of para-hydroxylation sites is 1. The molecule has 1 heterocycles. The number of carbonyl (C=O) groups is 3. The summed E-state index contributed by atoms with van der Waals surface area (Å²) in [5, 5.41) is 0. The van der Waals surface area contributed by atoms with Crippen molar-refractivity contribution < 1.29 is 28.6 Å². The lowest BCUT2D eigenvalue weighted by atomic mass is 9.48. The third-order valence-corrected chi connectivity index (χ3v) is 4.60. The summed E-state index contributed by atoms with van der Waals surface area (Å²) in [4.78, 5) is 36.8. The normalized spacial score (nSPS) is 30.1. The maximum Gasteiger partial charge on any atom is 0.329 e. The minimum atomic E-state index is -1.50. The van der Waals surface area contributed by atoms with Crippen LogP contribution in [-0.2, 0) is 23.9 Å². The van der Waals surface area contributed by atoms with E-state index in [9.17, 15) is 14.4 Å². The lowest BCUT2D eigenvalue weighted by Gasteiger charge is -2.58. The van der Waals surface area contributed by atoms with Crippen molar-refractivity contribution in [3.8, 4) is 5.75 Å². The summed E-state index contributed by atoms with van der Waals surface area (Å²) in [5.74, 6) is -2.11. The zero-order valence-electron chi connectivity index (χ0n) is 13.5. The van der Waals surface area contributed by atoms with Crippen molar-refractivity contribution in [2.24, 2.45) is 5.41 Å². The Morgan fingerprint density at radius 1 is 1.42 bits per heavy atom. The number of hydrogen-bond donors (Lipinski definition) is 0. The van der Waals surface area contributed by atoms with Gasteiger partial charge in [-0.25, -0.2) is 0 Å². The number of benzene rings is 1. The van der Waals surface area contributed by atoms with Crippen LogP contribution in [0.25, 0.3) is 0 Å². The molecule has 3 atom stereocenters. The van der Waals surface area contributed by atoms with Crippen LogP contribution in [0.15, 0.2) is 36.9 Å². The van der Waals surface area contributed by atoms with Gasteiger partial charge >= 0.3 is 17.9 Å². The lowest BCUT2D eigenvalue weighted by Crippen LogP contribution is -2.69. The molecule has 1 fully saturated rings. The van der Waals surface area contributed by atoms with Gasteiger partial charge in [0, 0.05) is 18.9 Å². The summed E-state index contributed by atoms with van der Waals surface area (Å²) in [6.45, 7) is 6.51. The second-order valence-electron chi connectivity index (χ2n) is 6.30. The number of esters is 3. The Balaban J connectivity index is 2.09. The molecule has 0 amide bonds. The van der Waals surface area contributed by atoms with E-state index in [1.807, 2.05) is 0 Å². The second kappa shape index (κ2) is 5.47. The summed E-state index contributed by atoms with van der Waals surface area (Å²) in [6.07, 6.45) is 1.45. The molecule has 0 spiro atoms. The fourth-order valence-electron chi connectivity index (χ4n) is 3.90. The molecule has 1 aromatic carbocycles. The third-order valence-electron chi connectivity index (χ3n) is 4.60. The number of ether oxygens (including phenoxy) is 3. The summed E-state index contributed by atoms with van der Waals surface area (Å²) >= 11 is 0. The van der Waals surface area contributed by atoms with Crippen molar-refractivity contribution in [1.82, 2.24) is 0 Å². The first-order chi connectivity index (χ1) is 11.3. The first kappa shape index (κ1) is 16.2. The summed E-state index contributed by atoms with van der Waals surface area (Å²) < 4.78 is 16.0. The molecule has 1 aliphatic carbocycles. The maximum absolute atomic E-state index is 12.6. The monoisotopic (exact) mass is 330 g/mol. The van der Waals surface area contributed by atoms with Crippen LogP contribution in [0.4, 0.5) is 0 Å². The largest absolute Gasteiger partial charge is 0.461 e. The van der Waals surface area contributed by atoms with Gasteiger partial charge in [-0.1, -0.05) is 30.9 Å². The van der Waals surface area contributed by atoms with Gasteiger partial charge in [-0.05, 0) is 13.0 Å². The van der Waals surface area contributed by atoms with Crippen molar-refractivity contribution in [3.63, 3.8) is 0 Å². The predicted octanol–water partition coefficient (Wildman–Crippen LogP) is 2.13. The third kappa shape index (κ3) is 2.13. The lowest BCUT2D eigenvalue weighted by molar-refractivity contribution is -0.218. The highest BCUT2D eigenvalue weighted by Crippen LogP contribution is 2.65. The Labute approximate surface area is 139 Å². The average molecular weight is 330 g/mol. The van der Waals surface area contributed by atoms with Crippen LogP contribution in [0.5, 0.6) is 5.75 Å². The minimum Gasteiger partial charge on any atom is -0.461 e. The number of carbonyl (C=O) groups excluding carboxylic acids is 3. The minimum absolute atomic E-state index is 0.00743. The average Bonchev–Trinajstić information content (AvgIpc) is 2.50. The van der Waals surface area contributed by atoms with Crippen LogP contribution in [-0.4, -0.2) is 30.1 Å². The van der Waals surface area contributed by atoms with Gasteiger partial charge < -0.3 is 14.2 Å². The molecule has 24 heavy (non-hydrogen) atoms. The van der Waals surface area contributed by atoms with Crippen LogP contribution in [0.1, 0.15) is 31.7 Å². The van der Waals surface area contributed by atoms with E-state index in [0.29, 0.717) is 11.3 Å². The molecule has 0 unspecified atom stereocenters. The van der Waals surface area contributed by atoms with E-state index < -0.39 is 34.8 Å². The van der Waals surface area contributed by atoms with E-state index in [2.05, 4.69) is 6.58 Å². The smallest absolute Gasteiger partial charge is 0.329 e. The van der Waals surface area contributed by atoms with Crippen LogP contribution in [0, 0.1) is 5.41 Å². The van der Waals surface area contributed by atoms with Crippen molar-refractivity contribution in [2.45, 2.75) is 31.8 Å². The Kier molecular flexibility index (Phi) is 3.70. The second-order valence-corrected chi connectivity index (χ2v) is 6.30. The Bertz CT molecular complexity index is 739. The van der Waals surface area contributed by atoms with E-state index >= 15 is 0 Å². The summed E-state index contributed by atoms with van der Waals surface area (Å²) in [7, 11) is 0. The number of rotatable bonds is 4. The first-order valence-corrected chi connectivity index (χ1v) is 7.64. The summed E-state index contributed by atoms with van der Waals surface area (Å²) in [5.41, 5.74) is -1.82. The molecule has 0 aromatic heterocycles. The van der Waals surface area contributed by atoms with Gasteiger partial charge in [0.25, 0.3) is 0 Å². The standard InChI is InChI=1S/C18H18O6/c1-4-9-22-15(20)18-10-17(3,24-11(2)19)14(18)12-7-5-6-8-13(12)23-16(18)21/h4-8,14H,1,9-10H2,2-3H3/t14-,17-,18-/m1/s1. The molecule has 1 aliphatic heterocycles. The first-order valence-electron chi connectivity index (χ1n) is 7.64. The molecule has 0 N–H and O–H groups in total. The number of hydrogen-bond acceptors (Lipinski definition) is 6. The Morgan fingerprint density at radius 2 is 2.12 bits per heavy atom. The van der Waals surface area contributed by atoms with Gasteiger partial charge in [0.05, 0.1) is 5.92 Å². The topological polar surface area (TPSA) is 78.9 Å². The van der Waals surface area contributed by atoms with Crippen LogP contribution < -0.4 is 4.74 Å². The number of fused-ring (bicyclic) bond motifs is 3. The molecule has 0 bridgehead atoms. The van der Waals surface area contributed by atoms with E-state index in [1.165, 1.54) is 13.0 Å². The van der Waals surface area contributed by atoms with E-state index in [-0.39, 0.29) is 13.0 Å². The molecule has 0 saturated heterocycles. The maximum atomic E-state index is 12.6. The van der Waals surface area contributed by atoms with Crippen LogP contribution >= 0.6 is 0 Å². The zero-order chi connectivity index (χ0) is 17.5. The van der Waals surface area contributed by atoms with E-state index in [0.717, 1.165) is 0 Å². The molecule has 2 aliphatic rings. The molecule has 1 saturated carbocycles. The van der Waals surface area contributed by atoms with Crippen molar-refractivity contribution in [3.05, 3.63) is 42.5 Å². The van der Waals surface area contributed by atoms with Gasteiger partial charge in [0.2, 0.25) is 0 Å². The molecule has 6 heteroatoms. The highest BCUT2D eigenvalue weighted by atomic mass is 16.6. The van der Waals surface area contributed by atoms with Crippen molar-refractivity contribution in [1.29, 1.82) is 0 Å². The molecule has 6 nitrogen and oxygen atoms in total.